The van der Waals surface area contributed by atoms with E-state index in [0.717, 1.165) is 5.76 Å². The minimum atomic E-state index is -0.0958. The summed E-state index contributed by atoms with van der Waals surface area (Å²) in [5.74, 6) is 0.821. The first kappa shape index (κ1) is 10.8. The third-order valence-electron chi connectivity index (χ3n) is 1.90. The Morgan fingerprint density at radius 2 is 2.43 bits per heavy atom. The van der Waals surface area contributed by atoms with Gasteiger partial charge in [0, 0.05) is 19.5 Å². The molecule has 1 aromatic rings. The van der Waals surface area contributed by atoms with Gasteiger partial charge in [-0.2, -0.15) is 0 Å². The van der Waals surface area contributed by atoms with Crippen LogP contribution in [0.3, 0.4) is 0 Å². The van der Waals surface area contributed by atoms with Gasteiger partial charge in [0.15, 0.2) is 0 Å². The van der Waals surface area contributed by atoms with E-state index in [2.05, 4.69) is 0 Å². The van der Waals surface area contributed by atoms with Gasteiger partial charge in [0.05, 0.1) is 12.8 Å². The standard InChI is InChI=1S/C10H16N2O2/c1-8(11)6-10(13)12(2)7-9-4-3-5-14-9/h3-5,8H,6-7,11H2,1-2H3. The summed E-state index contributed by atoms with van der Waals surface area (Å²) in [6.07, 6.45) is 1.97. The van der Waals surface area contributed by atoms with Crippen molar-refractivity contribution in [2.45, 2.75) is 25.9 Å². The zero-order valence-corrected chi connectivity index (χ0v) is 8.56. The number of hydrogen-bond donors (Lipinski definition) is 1. The molecule has 1 rings (SSSR count). The fourth-order valence-corrected chi connectivity index (χ4v) is 1.16. The maximum absolute atomic E-state index is 11.5. The van der Waals surface area contributed by atoms with Crippen molar-refractivity contribution >= 4 is 5.91 Å². The van der Waals surface area contributed by atoms with E-state index in [9.17, 15) is 4.79 Å². The predicted molar refractivity (Wildman–Crippen MR) is 53.4 cm³/mol. The molecule has 0 bridgehead atoms. The first-order valence-corrected chi connectivity index (χ1v) is 4.61. The fourth-order valence-electron chi connectivity index (χ4n) is 1.16. The summed E-state index contributed by atoms with van der Waals surface area (Å²) in [7, 11) is 1.74. The van der Waals surface area contributed by atoms with Gasteiger partial charge in [0.25, 0.3) is 0 Å². The van der Waals surface area contributed by atoms with Crippen LogP contribution >= 0.6 is 0 Å². The van der Waals surface area contributed by atoms with Gasteiger partial charge in [-0.15, -0.1) is 0 Å². The number of nitrogens with two attached hydrogens (primary N) is 1. The monoisotopic (exact) mass is 196 g/mol. The topological polar surface area (TPSA) is 59.5 Å². The molecule has 0 aliphatic carbocycles. The van der Waals surface area contributed by atoms with Crippen molar-refractivity contribution in [3.8, 4) is 0 Å². The summed E-state index contributed by atoms with van der Waals surface area (Å²) < 4.78 is 5.13. The number of carbonyl (C=O) groups excluding carboxylic acids is 1. The van der Waals surface area contributed by atoms with Crippen LogP contribution in [-0.2, 0) is 11.3 Å². The molecule has 1 unspecified atom stereocenters. The molecule has 2 N–H and O–H groups in total. The van der Waals surface area contributed by atoms with Crippen LogP contribution in [0.25, 0.3) is 0 Å². The Kier molecular flexibility index (Phi) is 3.71. The zero-order chi connectivity index (χ0) is 10.6. The van der Waals surface area contributed by atoms with Crippen LogP contribution in [0.1, 0.15) is 19.1 Å². The maximum Gasteiger partial charge on any atom is 0.224 e. The molecule has 0 aliphatic heterocycles. The molecule has 14 heavy (non-hydrogen) atoms. The highest BCUT2D eigenvalue weighted by Crippen LogP contribution is 2.05. The number of nitrogens with zero attached hydrogens (tertiary/aromatic N) is 1. The summed E-state index contributed by atoms with van der Waals surface area (Å²) in [6, 6.07) is 3.55. The van der Waals surface area contributed by atoms with Gasteiger partial charge >= 0.3 is 0 Å². The molecule has 0 aromatic carbocycles. The van der Waals surface area contributed by atoms with Crippen LogP contribution < -0.4 is 5.73 Å². The lowest BCUT2D eigenvalue weighted by molar-refractivity contribution is -0.130. The van der Waals surface area contributed by atoms with Crippen LogP contribution in [0.4, 0.5) is 0 Å². The summed E-state index contributed by atoms with van der Waals surface area (Å²) >= 11 is 0. The van der Waals surface area contributed by atoms with Gasteiger partial charge in [-0.05, 0) is 19.1 Å². The molecule has 78 valence electrons. The maximum atomic E-state index is 11.5. The van der Waals surface area contributed by atoms with Crippen molar-refractivity contribution in [2.24, 2.45) is 5.73 Å². The number of rotatable bonds is 4. The van der Waals surface area contributed by atoms with Crippen molar-refractivity contribution in [3.05, 3.63) is 24.2 Å². The first-order chi connectivity index (χ1) is 6.59. The molecule has 1 aromatic heterocycles. The van der Waals surface area contributed by atoms with Gasteiger partial charge in [-0.25, -0.2) is 0 Å². The Labute approximate surface area is 83.7 Å². The predicted octanol–water partition coefficient (Wildman–Crippen LogP) is 0.975. The third-order valence-corrected chi connectivity index (χ3v) is 1.90. The Morgan fingerprint density at radius 3 is 2.93 bits per heavy atom. The average Bonchev–Trinajstić information content (AvgIpc) is 2.55. The van der Waals surface area contributed by atoms with Gasteiger partial charge < -0.3 is 15.1 Å². The molecular weight excluding hydrogens is 180 g/mol. The first-order valence-electron chi connectivity index (χ1n) is 4.61. The van der Waals surface area contributed by atoms with Crippen molar-refractivity contribution in [3.63, 3.8) is 0 Å². The molecule has 4 heteroatoms. The van der Waals surface area contributed by atoms with Crippen LogP contribution in [0.2, 0.25) is 0 Å². The van der Waals surface area contributed by atoms with E-state index in [0.29, 0.717) is 13.0 Å². The van der Waals surface area contributed by atoms with Crippen LogP contribution in [-0.4, -0.2) is 23.9 Å². The molecular formula is C10H16N2O2. The second-order valence-corrected chi connectivity index (χ2v) is 3.51. The van der Waals surface area contributed by atoms with Crippen molar-refractivity contribution in [1.29, 1.82) is 0 Å². The molecule has 4 nitrogen and oxygen atoms in total. The minimum Gasteiger partial charge on any atom is -0.467 e. The molecule has 1 amide bonds. The SMILES string of the molecule is CC(N)CC(=O)N(C)Cc1ccco1. The molecule has 0 saturated carbocycles. The van der Waals surface area contributed by atoms with Crippen LogP contribution in [0.15, 0.2) is 22.8 Å². The lowest BCUT2D eigenvalue weighted by Crippen LogP contribution is -2.31. The largest absolute Gasteiger partial charge is 0.467 e. The van der Waals surface area contributed by atoms with E-state index >= 15 is 0 Å². The number of furan rings is 1. The van der Waals surface area contributed by atoms with E-state index in [1.165, 1.54) is 0 Å². The van der Waals surface area contributed by atoms with Gasteiger partial charge in [0.2, 0.25) is 5.91 Å². The van der Waals surface area contributed by atoms with E-state index in [1.807, 2.05) is 13.0 Å². The van der Waals surface area contributed by atoms with Crippen molar-refractivity contribution < 1.29 is 9.21 Å². The summed E-state index contributed by atoms with van der Waals surface area (Å²) in [5.41, 5.74) is 5.53. The Balaban J connectivity index is 2.42. The Bertz CT molecular complexity index is 280. The fraction of sp³-hybridized carbons (Fsp3) is 0.500. The molecule has 1 atom stereocenters. The zero-order valence-electron chi connectivity index (χ0n) is 8.56. The molecule has 1 heterocycles. The Hall–Kier alpha value is -1.29. The highest BCUT2D eigenvalue weighted by molar-refractivity contribution is 5.76. The average molecular weight is 196 g/mol. The highest BCUT2D eigenvalue weighted by Gasteiger charge is 2.11. The molecule has 0 saturated heterocycles. The smallest absolute Gasteiger partial charge is 0.224 e. The van der Waals surface area contributed by atoms with E-state index < -0.39 is 0 Å². The van der Waals surface area contributed by atoms with Gasteiger partial charge in [-0.3, -0.25) is 4.79 Å². The molecule has 0 fully saturated rings. The third kappa shape index (κ3) is 3.22. The highest BCUT2D eigenvalue weighted by atomic mass is 16.3. The summed E-state index contributed by atoms with van der Waals surface area (Å²) in [6.45, 7) is 2.32. The number of amides is 1. The second kappa shape index (κ2) is 4.81. The van der Waals surface area contributed by atoms with Crippen LogP contribution in [0.5, 0.6) is 0 Å². The number of hydrogen-bond acceptors (Lipinski definition) is 3. The quantitative estimate of drug-likeness (QED) is 0.780. The van der Waals surface area contributed by atoms with E-state index in [1.54, 1.807) is 24.3 Å². The minimum absolute atomic E-state index is 0.0383. The lowest BCUT2D eigenvalue weighted by atomic mass is 10.2. The van der Waals surface area contributed by atoms with Gasteiger partial charge in [0.1, 0.15) is 5.76 Å². The van der Waals surface area contributed by atoms with Crippen LogP contribution in [0, 0.1) is 0 Å². The molecule has 0 aliphatic rings. The van der Waals surface area contributed by atoms with Crippen molar-refractivity contribution in [2.75, 3.05) is 7.05 Å². The van der Waals surface area contributed by atoms with E-state index in [4.69, 9.17) is 10.2 Å². The second-order valence-electron chi connectivity index (χ2n) is 3.51. The summed E-state index contributed by atoms with van der Waals surface area (Å²) in [4.78, 5) is 13.1. The van der Waals surface area contributed by atoms with E-state index in [-0.39, 0.29) is 11.9 Å². The lowest BCUT2D eigenvalue weighted by Gasteiger charge is -2.16. The molecule has 0 spiro atoms. The van der Waals surface area contributed by atoms with Crippen molar-refractivity contribution in [1.82, 2.24) is 4.90 Å². The normalized spacial score (nSPS) is 12.5. The molecule has 0 radical (unpaired) electrons. The van der Waals surface area contributed by atoms with Gasteiger partial charge in [-0.1, -0.05) is 0 Å². The Morgan fingerprint density at radius 1 is 1.71 bits per heavy atom. The summed E-state index contributed by atoms with van der Waals surface area (Å²) in [5, 5.41) is 0. The number of carbonyl (C=O) groups is 1.